The van der Waals surface area contributed by atoms with Gasteiger partial charge in [0.1, 0.15) is 0 Å². The van der Waals surface area contributed by atoms with Crippen molar-refractivity contribution in [2.24, 2.45) is 0 Å². The van der Waals surface area contributed by atoms with Gasteiger partial charge < -0.3 is 14.5 Å². The van der Waals surface area contributed by atoms with Gasteiger partial charge in [0, 0.05) is 38.6 Å². The van der Waals surface area contributed by atoms with Crippen LogP contribution < -0.4 is 0 Å². The molecule has 0 aliphatic carbocycles. The Morgan fingerprint density at radius 2 is 1.86 bits per heavy atom. The van der Waals surface area contributed by atoms with E-state index in [4.69, 9.17) is 4.74 Å². The van der Waals surface area contributed by atoms with Gasteiger partial charge in [-0.1, -0.05) is 23.9 Å². The Morgan fingerprint density at radius 1 is 1.14 bits per heavy atom. The molecule has 0 unspecified atom stereocenters. The Bertz CT molecular complexity index is 844. The van der Waals surface area contributed by atoms with Crippen LogP contribution in [0.25, 0.3) is 5.69 Å². The van der Waals surface area contributed by atoms with E-state index in [1.54, 1.807) is 22.9 Å². The molecule has 0 N–H and O–H groups in total. The number of carbonyl (C=O) groups is 2. The van der Waals surface area contributed by atoms with Gasteiger partial charge in [0.05, 0.1) is 18.0 Å². The van der Waals surface area contributed by atoms with Crippen molar-refractivity contribution in [2.45, 2.75) is 25.9 Å². The zero-order valence-corrected chi connectivity index (χ0v) is 17.4. The highest BCUT2D eigenvalue weighted by molar-refractivity contribution is 7.99. The second-order valence-electron chi connectivity index (χ2n) is 6.65. The lowest BCUT2D eigenvalue weighted by Crippen LogP contribution is -2.51. The largest absolute Gasteiger partial charge is 0.450 e. The second-order valence-corrected chi connectivity index (χ2v) is 7.60. The van der Waals surface area contributed by atoms with E-state index in [-0.39, 0.29) is 12.0 Å². The molecular formula is C20H26N4O3S. The number of piperazine rings is 1. The summed E-state index contributed by atoms with van der Waals surface area (Å²) in [4.78, 5) is 32.2. The average molecular weight is 403 g/mol. The minimum atomic E-state index is -0.306. The van der Waals surface area contributed by atoms with E-state index in [0.717, 1.165) is 10.8 Å². The zero-order chi connectivity index (χ0) is 20.1. The van der Waals surface area contributed by atoms with Crippen LogP contribution in [0.1, 0.15) is 18.1 Å². The molecule has 0 saturated carbocycles. The number of benzene rings is 1. The number of amides is 2. The number of aromatic nitrogens is 2. The minimum absolute atomic E-state index is 0.0593. The molecule has 1 aromatic heterocycles. The molecule has 28 heavy (non-hydrogen) atoms. The van der Waals surface area contributed by atoms with E-state index in [1.807, 2.05) is 16.8 Å². The van der Waals surface area contributed by atoms with E-state index in [1.165, 1.54) is 22.9 Å². The summed E-state index contributed by atoms with van der Waals surface area (Å²) in [5, 5.41) is 0.798. The van der Waals surface area contributed by atoms with Gasteiger partial charge in [0.2, 0.25) is 5.91 Å². The molecule has 1 aliphatic heterocycles. The molecule has 3 rings (SSSR count). The molecule has 2 amide bonds. The topological polar surface area (TPSA) is 67.7 Å². The van der Waals surface area contributed by atoms with Crippen LogP contribution in [0, 0.1) is 13.8 Å². The maximum absolute atomic E-state index is 12.6. The number of ether oxygens (including phenoxy) is 1. The predicted octanol–water partition coefficient (Wildman–Crippen LogP) is 2.88. The van der Waals surface area contributed by atoms with Crippen molar-refractivity contribution in [2.75, 3.05) is 38.5 Å². The zero-order valence-electron chi connectivity index (χ0n) is 16.6. The van der Waals surface area contributed by atoms with Crippen LogP contribution in [0.4, 0.5) is 4.79 Å². The van der Waals surface area contributed by atoms with Crippen LogP contribution in [-0.2, 0) is 9.53 Å². The lowest BCUT2D eigenvalue weighted by Gasteiger charge is -2.34. The fraction of sp³-hybridized carbons (Fsp3) is 0.450. The van der Waals surface area contributed by atoms with Crippen molar-refractivity contribution in [1.82, 2.24) is 19.4 Å². The smallest absolute Gasteiger partial charge is 0.409 e. The maximum Gasteiger partial charge on any atom is 0.409 e. The first-order valence-electron chi connectivity index (χ1n) is 9.43. The third-order valence-electron chi connectivity index (χ3n) is 4.93. The molecule has 1 aromatic carbocycles. The molecule has 2 aromatic rings. The number of imidazole rings is 1. The number of rotatable bonds is 5. The first-order valence-corrected chi connectivity index (χ1v) is 10.4. The molecule has 0 bridgehead atoms. The van der Waals surface area contributed by atoms with Gasteiger partial charge in [-0.05, 0) is 38.0 Å². The number of thioether (sulfide) groups is 1. The highest BCUT2D eigenvalue weighted by Crippen LogP contribution is 2.24. The van der Waals surface area contributed by atoms with Crippen molar-refractivity contribution < 1.29 is 14.3 Å². The van der Waals surface area contributed by atoms with Crippen LogP contribution in [0.2, 0.25) is 0 Å². The Balaban J connectivity index is 1.57. The average Bonchev–Trinajstić information content (AvgIpc) is 3.17. The lowest BCUT2D eigenvalue weighted by atomic mass is 10.1. The molecule has 2 heterocycles. The van der Waals surface area contributed by atoms with E-state index in [0.29, 0.717) is 38.5 Å². The van der Waals surface area contributed by atoms with Crippen LogP contribution >= 0.6 is 11.8 Å². The molecular weight excluding hydrogens is 376 g/mol. The molecule has 0 spiro atoms. The van der Waals surface area contributed by atoms with Crippen molar-refractivity contribution in [3.63, 3.8) is 0 Å². The molecule has 8 heteroatoms. The van der Waals surface area contributed by atoms with E-state index in [2.05, 4.69) is 31.0 Å². The normalized spacial score (nSPS) is 14.2. The van der Waals surface area contributed by atoms with Crippen LogP contribution in [0.15, 0.2) is 35.7 Å². The van der Waals surface area contributed by atoms with Gasteiger partial charge >= 0.3 is 6.09 Å². The standard InChI is InChI=1S/C20H26N4O3S/c1-4-27-20(26)23-12-10-22(11-13-23)18(25)14-28-19-21-8-9-24(19)17-7-5-6-15(2)16(17)3/h5-9H,4,10-14H2,1-3H3. The van der Waals surface area contributed by atoms with E-state index >= 15 is 0 Å². The fourth-order valence-corrected chi connectivity index (χ4v) is 4.02. The summed E-state index contributed by atoms with van der Waals surface area (Å²) >= 11 is 1.44. The van der Waals surface area contributed by atoms with Gasteiger partial charge in [-0.3, -0.25) is 9.36 Å². The summed E-state index contributed by atoms with van der Waals surface area (Å²) < 4.78 is 7.04. The van der Waals surface area contributed by atoms with Crippen molar-refractivity contribution >= 4 is 23.8 Å². The Morgan fingerprint density at radius 3 is 2.57 bits per heavy atom. The van der Waals surface area contributed by atoms with Crippen molar-refractivity contribution in [1.29, 1.82) is 0 Å². The summed E-state index contributed by atoms with van der Waals surface area (Å²) in [5.74, 6) is 0.380. The summed E-state index contributed by atoms with van der Waals surface area (Å²) in [6.45, 7) is 8.40. The SMILES string of the molecule is CCOC(=O)N1CCN(C(=O)CSc2nccn2-c2cccc(C)c2C)CC1. The number of hydrogen-bond donors (Lipinski definition) is 0. The summed E-state index contributed by atoms with van der Waals surface area (Å²) in [6.07, 6.45) is 3.37. The first kappa shape index (κ1) is 20.3. The summed E-state index contributed by atoms with van der Waals surface area (Å²) in [7, 11) is 0. The van der Waals surface area contributed by atoms with Crippen molar-refractivity contribution in [3.8, 4) is 5.69 Å². The van der Waals surface area contributed by atoms with Gasteiger partial charge in [-0.15, -0.1) is 0 Å². The molecule has 1 fully saturated rings. The minimum Gasteiger partial charge on any atom is -0.450 e. The molecule has 1 aliphatic rings. The molecule has 0 radical (unpaired) electrons. The fourth-order valence-electron chi connectivity index (χ4n) is 3.15. The Kier molecular flexibility index (Phi) is 6.61. The highest BCUT2D eigenvalue weighted by atomic mass is 32.2. The van der Waals surface area contributed by atoms with Gasteiger partial charge in [0.25, 0.3) is 0 Å². The van der Waals surface area contributed by atoms with Crippen LogP contribution in [0.5, 0.6) is 0 Å². The summed E-state index contributed by atoms with van der Waals surface area (Å²) in [6, 6.07) is 6.17. The van der Waals surface area contributed by atoms with Gasteiger partial charge in [-0.2, -0.15) is 0 Å². The molecule has 0 atom stereocenters. The lowest BCUT2D eigenvalue weighted by molar-refractivity contribution is -0.129. The molecule has 7 nitrogen and oxygen atoms in total. The van der Waals surface area contributed by atoms with Gasteiger partial charge in [0.15, 0.2) is 5.16 Å². The Hall–Kier alpha value is -2.48. The monoisotopic (exact) mass is 402 g/mol. The quantitative estimate of drug-likeness (QED) is 0.720. The van der Waals surface area contributed by atoms with Gasteiger partial charge in [-0.25, -0.2) is 9.78 Å². The van der Waals surface area contributed by atoms with E-state index in [9.17, 15) is 9.59 Å². The predicted molar refractivity (Wildman–Crippen MR) is 109 cm³/mol. The highest BCUT2D eigenvalue weighted by Gasteiger charge is 2.25. The number of hydrogen-bond acceptors (Lipinski definition) is 5. The third kappa shape index (κ3) is 4.49. The third-order valence-corrected chi connectivity index (χ3v) is 5.88. The van der Waals surface area contributed by atoms with Crippen LogP contribution in [0.3, 0.4) is 0 Å². The maximum atomic E-state index is 12.6. The second kappa shape index (κ2) is 9.14. The first-order chi connectivity index (χ1) is 13.5. The summed E-state index contributed by atoms with van der Waals surface area (Å²) in [5.41, 5.74) is 3.50. The van der Waals surface area contributed by atoms with Crippen molar-refractivity contribution in [3.05, 3.63) is 41.7 Å². The molecule has 150 valence electrons. The number of aryl methyl sites for hydroxylation is 1. The van der Waals surface area contributed by atoms with E-state index < -0.39 is 0 Å². The number of nitrogens with zero attached hydrogens (tertiary/aromatic N) is 4. The Labute approximate surface area is 169 Å². The molecule has 1 saturated heterocycles. The van der Waals surface area contributed by atoms with Crippen LogP contribution in [-0.4, -0.2) is 69.9 Å². The number of carbonyl (C=O) groups excluding carboxylic acids is 2.